The average Bonchev–Trinajstić information content (AvgIpc) is 1.54. The molecule has 0 N–H and O–H groups in total. The molecule has 118 heavy (non-hydrogen) atoms. The molecule has 4 aliphatic rings. The first-order valence-electron chi connectivity index (χ1n) is 40.5. The third kappa shape index (κ3) is 9.09. The van der Waals surface area contributed by atoms with Gasteiger partial charge in [-0.2, -0.15) is 0 Å². The number of thiophene rings is 5. The smallest absolute Gasteiger partial charge is 0.136 e. The van der Waals surface area contributed by atoms with Gasteiger partial charge in [0.05, 0.1) is 0 Å². The highest BCUT2D eigenvalue weighted by molar-refractivity contribution is 7.28. The summed E-state index contributed by atoms with van der Waals surface area (Å²) in [6, 6.07) is 128. The molecule has 0 saturated heterocycles. The first-order valence-corrected chi connectivity index (χ1v) is 44.6. The second kappa shape index (κ2) is 24.4. The zero-order valence-electron chi connectivity index (χ0n) is 63.8. The van der Waals surface area contributed by atoms with Crippen molar-refractivity contribution in [3.63, 3.8) is 0 Å². The van der Waals surface area contributed by atoms with E-state index in [2.05, 4.69) is 365 Å². The molecular weight excluding hydrogens is 1520 g/mol. The molecular formula is C111H63NOS5. The van der Waals surface area contributed by atoms with Crippen molar-refractivity contribution in [1.82, 2.24) is 0 Å². The van der Waals surface area contributed by atoms with Crippen molar-refractivity contribution in [2.45, 2.75) is 19.3 Å². The molecule has 0 saturated carbocycles. The van der Waals surface area contributed by atoms with Crippen LogP contribution in [0, 0.1) is 0 Å². The van der Waals surface area contributed by atoms with Crippen LogP contribution in [0.3, 0.4) is 0 Å². The fourth-order valence-corrected chi connectivity index (χ4v) is 26.9. The van der Waals surface area contributed by atoms with Crippen molar-refractivity contribution in [1.29, 1.82) is 0 Å². The van der Waals surface area contributed by atoms with Gasteiger partial charge in [0.25, 0.3) is 0 Å². The number of hydrogen-bond acceptors (Lipinski definition) is 7. The standard InChI is InChI=1S/C43H29NS.C34H18OS.C34H16S3/c1-43(2)34-17-9-15-30-31-16-10-18-36-39(31)42-37(45-36)25-33(32-23-24-35(43)41(38(30)34)40(32)42)26-19-21-29(22-20-26)44(27-11-5-3-6-12-27)28-13-7-4-8-14-28;1-2-6-19(7-3-1)21-8-4-9-22(18-21)23-14-17-28-34-30(23)24-10-5-11-25-31(24)32-26(35-25)15-12-20-13-16-27(36-28)33(34)29(20)32;1-2-8-24-18(5-1)23-15-17(11-13-25(23)35-24)22-16-29-34-31-20(7-4-10-27(31)37-29)19-6-3-9-26-30(19)33-28(36-26)14-12-21(22)32(33)34/h3-25H,1-2H3;1-18H;1-16H. The number of fused-ring (bicyclic) bond motifs is 6. The lowest BCUT2D eigenvalue weighted by molar-refractivity contribution is 0.661. The molecule has 4 aliphatic carbocycles. The lowest BCUT2D eigenvalue weighted by Gasteiger charge is -2.25. The molecule has 0 spiro atoms. The normalized spacial score (nSPS) is 13.1. The minimum atomic E-state index is -0.0431. The van der Waals surface area contributed by atoms with E-state index >= 15 is 0 Å². The molecule has 6 heterocycles. The molecule has 2 nitrogen and oxygen atoms in total. The SMILES string of the molecule is CC1(C)c2cccc3c2-c2c1ccc1c(-c4ccc(N(c5ccccc5)c5ccccc5)cc4)cc4sc5cccc-3c5c4c21.c1ccc(-c2cccc(-c3ccc4sc5ccc6ccc7oc8cccc9c8c7c6c5c4c3-9)c2)cc1.c1ccc2c(c1)sc1ccc(-c3cc4sc5cccc6c5c4c4c3ccc3sc5cccc-6c5c34)cc12. The van der Waals surface area contributed by atoms with Gasteiger partial charge in [-0.1, -0.05) is 238 Å². The summed E-state index contributed by atoms with van der Waals surface area (Å²) in [6.45, 7) is 4.80. The Morgan fingerprint density at radius 3 is 1.42 bits per heavy atom. The largest absolute Gasteiger partial charge is 0.456 e. The lowest BCUT2D eigenvalue weighted by Crippen LogP contribution is -2.14. The van der Waals surface area contributed by atoms with Crippen LogP contribution in [0.1, 0.15) is 25.0 Å². The van der Waals surface area contributed by atoms with E-state index in [9.17, 15) is 0 Å². The molecule has 0 radical (unpaired) electrons. The van der Waals surface area contributed by atoms with Gasteiger partial charge in [-0.05, 0) is 243 Å². The molecule has 19 aromatic carbocycles. The molecule has 7 heteroatoms. The Morgan fingerprint density at radius 2 is 0.678 bits per heavy atom. The second-order valence-corrected chi connectivity index (χ2v) is 38.0. The fourth-order valence-electron chi connectivity index (χ4n) is 21.2. The Balaban J connectivity index is 0.0000000948. The second-order valence-electron chi connectivity index (χ2n) is 32.6. The number of furan rings is 1. The van der Waals surface area contributed by atoms with Crippen LogP contribution >= 0.6 is 56.7 Å². The van der Waals surface area contributed by atoms with Crippen molar-refractivity contribution < 1.29 is 4.42 Å². The maximum atomic E-state index is 6.42. The Hall–Kier alpha value is -13.3. The van der Waals surface area contributed by atoms with Gasteiger partial charge in [0.1, 0.15) is 11.2 Å². The van der Waals surface area contributed by atoms with E-state index in [1.165, 1.54) is 244 Å². The van der Waals surface area contributed by atoms with E-state index in [4.69, 9.17) is 4.42 Å². The molecule has 0 aliphatic heterocycles. The van der Waals surface area contributed by atoms with Crippen LogP contribution in [-0.4, -0.2) is 0 Å². The summed E-state index contributed by atoms with van der Waals surface area (Å²) >= 11 is 9.59. The first kappa shape index (κ1) is 65.9. The van der Waals surface area contributed by atoms with Crippen LogP contribution in [-0.2, 0) is 5.41 Å². The molecule has 6 aromatic heterocycles. The summed E-state index contributed by atoms with van der Waals surface area (Å²) in [4.78, 5) is 2.33. The molecule has 29 rings (SSSR count). The van der Waals surface area contributed by atoms with Gasteiger partial charge in [-0.25, -0.2) is 0 Å². The Bertz CT molecular complexity index is 8700. The zero-order chi connectivity index (χ0) is 77.1. The number of para-hydroxylation sites is 2. The van der Waals surface area contributed by atoms with Crippen LogP contribution in [0.4, 0.5) is 17.1 Å². The first-order chi connectivity index (χ1) is 58.3. The van der Waals surface area contributed by atoms with Gasteiger partial charge in [0.15, 0.2) is 0 Å². The molecule has 0 amide bonds. The maximum absolute atomic E-state index is 6.42. The third-order valence-corrected chi connectivity index (χ3v) is 31.8. The van der Waals surface area contributed by atoms with Gasteiger partial charge in [0.2, 0.25) is 0 Å². The van der Waals surface area contributed by atoms with E-state index in [-0.39, 0.29) is 5.41 Å². The van der Waals surface area contributed by atoms with Crippen LogP contribution in [0.15, 0.2) is 350 Å². The van der Waals surface area contributed by atoms with Gasteiger partial charge >= 0.3 is 0 Å². The summed E-state index contributed by atoms with van der Waals surface area (Å²) in [7, 11) is 0. The summed E-state index contributed by atoms with van der Waals surface area (Å²) < 4.78 is 20.1. The number of anilines is 3. The summed E-state index contributed by atoms with van der Waals surface area (Å²) in [5, 5.41) is 24.7. The predicted molar refractivity (Wildman–Crippen MR) is 515 cm³/mol. The molecule has 0 fully saturated rings. The van der Waals surface area contributed by atoms with Crippen molar-refractivity contribution in [2.75, 3.05) is 4.90 Å². The Labute approximate surface area is 697 Å². The van der Waals surface area contributed by atoms with Gasteiger partial charge in [-0.15, -0.1) is 56.7 Å². The summed E-state index contributed by atoms with van der Waals surface area (Å²) in [5.74, 6) is 0. The number of hydrogen-bond donors (Lipinski definition) is 0. The molecule has 0 atom stereocenters. The van der Waals surface area contributed by atoms with E-state index in [0.717, 1.165) is 28.2 Å². The highest BCUT2D eigenvalue weighted by Gasteiger charge is 2.41. The summed E-state index contributed by atoms with van der Waals surface area (Å²) in [5.41, 5.74) is 29.4. The van der Waals surface area contributed by atoms with Gasteiger partial charge in [-0.3, -0.25) is 0 Å². The van der Waals surface area contributed by atoms with Crippen LogP contribution in [0.2, 0.25) is 0 Å². The summed E-state index contributed by atoms with van der Waals surface area (Å²) in [6.07, 6.45) is 0. The molecule has 0 bridgehead atoms. The van der Waals surface area contributed by atoms with Crippen LogP contribution in [0.5, 0.6) is 0 Å². The van der Waals surface area contributed by atoms with E-state index < -0.39 is 0 Å². The lowest BCUT2D eigenvalue weighted by atomic mass is 9.80. The van der Waals surface area contributed by atoms with Gasteiger partial charge < -0.3 is 9.32 Å². The predicted octanol–water partition coefficient (Wildman–Crippen LogP) is 34.6. The van der Waals surface area contributed by atoms with Crippen molar-refractivity contribution in [3.05, 3.63) is 357 Å². The Kier molecular flexibility index (Phi) is 13.6. The average molecular weight is 1590 g/mol. The zero-order valence-corrected chi connectivity index (χ0v) is 67.9. The molecule has 25 aromatic rings. The maximum Gasteiger partial charge on any atom is 0.136 e. The highest BCUT2D eigenvalue weighted by Crippen LogP contribution is 2.62. The van der Waals surface area contributed by atoms with E-state index in [1.54, 1.807) is 0 Å². The van der Waals surface area contributed by atoms with Crippen molar-refractivity contribution in [3.8, 4) is 89.0 Å². The molecule has 0 unspecified atom stereocenters. The van der Waals surface area contributed by atoms with Crippen molar-refractivity contribution >= 4 is 229 Å². The number of nitrogens with zero attached hydrogens (tertiary/aromatic N) is 1. The molecule has 548 valence electrons. The van der Waals surface area contributed by atoms with Crippen molar-refractivity contribution in [2.24, 2.45) is 0 Å². The highest BCUT2D eigenvalue weighted by atomic mass is 32.1. The minimum Gasteiger partial charge on any atom is -0.456 e. The van der Waals surface area contributed by atoms with Crippen LogP contribution in [0.25, 0.3) is 244 Å². The Morgan fingerprint density at radius 1 is 0.212 bits per heavy atom. The van der Waals surface area contributed by atoms with E-state index in [1.807, 2.05) is 56.7 Å². The third-order valence-electron chi connectivity index (χ3n) is 26.2. The fraction of sp³-hybridized carbons (Fsp3) is 0.0270. The number of benzene rings is 19. The monoisotopic (exact) mass is 1590 g/mol. The minimum absolute atomic E-state index is 0.0431. The quantitative estimate of drug-likeness (QED) is 0.158. The van der Waals surface area contributed by atoms with E-state index in [0.29, 0.717) is 0 Å². The van der Waals surface area contributed by atoms with Gasteiger partial charge in [0, 0.05) is 145 Å². The number of rotatable bonds is 7. The van der Waals surface area contributed by atoms with Crippen LogP contribution < -0.4 is 4.90 Å². The topological polar surface area (TPSA) is 16.4 Å².